The lowest BCUT2D eigenvalue weighted by Crippen LogP contribution is -2.41. The quantitative estimate of drug-likeness (QED) is 0.395. The van der Waals surface area contributed by atoms with Crippen molar-refractivity contribution in [1.29, 1.82) is 0 Å². The zero-order valence-corrected chi connectivity index (χ0v) is 17.5. The van der Waals surface area contributed by atoms with Crippen molar-refractivity contribution in [1.82, 2.24) is 0 Å². The summed E-state index contributed by atoms with van der Waals surface area (Å²) in [7, 11) is 2.72. The molecular formula is C23H22O8. The average molecular weight is 426 g/mol. The highest BCUT2D eigenvalue weighted by Crippen LogP contribution is 2.34. The molecule has 162 valence electrons. The molecular weight excluding hydrogens is 404 g/mol. The van der Waals surface area contributed by atoms with Crippen LogP contribution in [0.1, 0.15) is 31.1 Å². The van der Waals surface area contributed by atoms with Gasteiger partial charge >= 0.3 is 17.9 Å². The molecule has 1 heterocycles. The summed E-state index contributed by atoms with van der Waals surface area (Å²) in [6, 6.07) is 13.6. The summed E-state index contributed by atoms with van der Waals surface area (Å²) >= 11 is 0. The van der Waals surface area contributed by atoms with Gasteiger partial charge in [-0.3, -0.25) is 0 Å². The SMILES string of the molecule is COC(=O)C(Oc1cc(C=C2C(=O)OC(C)(C)OC2=O)ccc1OC)c1ccccc1. The van der Waals surface area contributed by atoms with Gasteiger partial charge in [0.25, 0.3) is 5.79 Å². The average Bonchev–Trinajstić information content (AvgIpc) is 2.74. The molecule has 1 atom stereocenters. The van der Waals surface area contributed by atoms with E-state index in [1.807, 2.05) is 6.07 Å². The number of hydrogen-bond acceptors (Lipinski definition) is 8. The fraction of sp³-hybridized carbons (Fsp3) is 0.261. The first-order chi connectivity index (χ1) is 14.7. The van der Waals surface area contributed by atoms with Gasteiger partial charge in [-0.15, -0.1) is 0 Å². The molecule has 0 N–H and O–H groups in total. The fourth-order valence-electron chi connectivity index (χ4n) is 2.93. The van der Waals surface area contributed by atoms with Crippen molar-refractivity contribution in [3.63, 3.8) is 0 Å². The second-order valence-corrected chi connectivity index (χ2v) is 7.08. The van der Waals surface area contributed by atoms with Gasteiger partial charge in [0.2, 0.25) is 6.10 Å². The van der Waals surface area contributed by atoms with Crippen LogP contribution in [0.4, 0.5) is 0 Å². The van der Waals surface area contributed by atoms with E-state index >= 15 is 0 Å². The Balaban J connectivity index is 1.96. The molecule has 0 bridgehead atoms. The van der Waals surface area contributed by atoms with Crippen molar-refractivity contribution >= 4 is 24.0 Å². The normalized spacial score (nSPS) is 15.9. The van der Waals surface area contributed by atoms with Gasteiger partial charge in [0.15, 0.2) is 11.5 Å². The summed E-state index contributed by atoms with van der Waals surface area (Å²) in [5.41, 5.74) is 0.765. The van der Waals surface area contributed by atoms with E-state index in [0.717, 1.165) is 0 Å². The Bertz CT molecular complexity index is 1000. The van der Waals surface area contributed by atoms with Gasteiger partial charge in [-0.05, 0) is 23.8 Å². The molecule has 8 nitrogen and oxygen atoms in total. The molecule has 1 aliphatic rings. The van der Waals surface area contributed by atoms with E-state index < -0.39 is 29.8 Å². The molecule has 1 fully saturated rings. The monoisotopic (exact) mass is 426 g/mol. The Morgan fingerprint density at radius 1 is 0.968 bits per heavy atom. The van der Waals surface area contributed by atoms with E-state index in [4.69, 9.17) is 23.7 Å². The Hall–Kier alpha value is -3.81. The first kappa shape index (κ1) is 21.9. The van der Waals surface area contributed by atoms with Gasteiger partial charge in [-0.25, -0.2) is 14.4 Å². The van der Waals surface area contributed by atoms with Gasteiger partial charge in [0.1, 0.15) is 5.57 Å². The minimum Gasteiger partial charge on any atom is -0.493 e. The summed E-state index contributed by atoms with van der Waals surface area (Å²) < 4.78 is 26.3. The highest BCUT2D eigenvalue weighted by atomic mass is 16.7. The van der Waals surface area contributed by atoms with E-state index in [1.54, 1.807) is 36.4 Å². The molecule has 31 heavy (non-hydrogen) atoms. The molecule has 1 saturated heterocycles. The minimum atomic E-state index is -1.33. The molecule has 0 saturated carbocycles. The summed E-state index contributed by atoms with van der Waals surface area (Å²) in [5.74, 6) is -2.95. The first-order valence-electron chi connectivity index (χ1n) is 9.40. The van der Waals surface area contributed by atoms with Crippen molar-refractivity contribution < 1.29 is 38.1 Å². The van der Waals surface area contributed by atoms with Crippen LogP contribution >= 0.6 is 0 Å². The number of rotatable bonds is 6. The number of cyclic esters (lactones) is 2. The van der Waals surface area contributed by atoms with Crippen LogP contribution in [0.25, 0.3) is 6.08 Å². The van der Waals surface area contributed by atoms with Crippen LogP contribution in [0.3, 0.4) is 0 Å². The smallest absolute Gasteiger partial charge is 0.351 e. The van der Waals surface area contributed by atoms with Crippen LogP contribution in [0.2, 0.25) is 0 Å². The molecule has 1 aliphatic heterocycles. The lowest BCUT2D eigenvalue weighted by Gasteiger charge is -2.29. The van der Waals surface area contributed by atoms with Crippen molar-refractivity contribution in [2.24, 2.45) is 0 Å². The second kappa shape index (κ2) is 8.91. The topological polar surface area (TPSA) is 97.4 Å². The maximum atomic E-state index is 12.3. The second-order valence-electron chi connectivity index (χ2n) is 7.08. The third-order valence-corrected chi connectivity index (χ3v) is 4.38. The predicted molar refractivity (Wildman–Crippen MR) is 109 cm³/mol. The van der Waals surface area contributed by atoms with Crippen LogP contribution in [0.15, 0.2) is 54.1 Å². The van der Waals surface area contributed by atoms with Gasteiger partial charge < -0.3 is 23.7 Å². The lowest BCUT2D eigenvalue weighted by atomic mass is 10.1. The Labute approximate surface area is 179 Å². The van der Waals surface area contributed by atoms with Crippen molar-refractivity contribution in [3.8, 4) is 11.5 Å². The Kier molecular flexibility index (Phi) is 6.29. The number of carbonyl (C=O) groups is 3. The highest BCUT2D eigenvalue weighted by Gasteiger charge is 2.38. The van der Waals surface area contributed by atoms with Crippen LogP contribution in [0, 0.1) is 0 Å². The molecule has 0 radical (unpaired) electrons. The number of methoxy groups -OCH3 is 2. The first-order valence-corrected chi connectivity index (χ1v) is 9.40. The standard InChI is InChI=1S/C23H22O8/c1-23(2)30-20(24)16(21(25)31-23)12-14-10-11-17(27-3)18(13-14)29-19(22(26)28-4)15-8-6-5-7-9-15/h5-13,19H,1-4H3. The van der Waals surface area contributed by atoms with Crippen molar-refractivity contribution in [2.75, 3.05) is 14.2 Å². The van der Waals surface area contributed by atoms with Gasteiger partial charge in [-0.1, -0.05) is 36.4 Å². The molecule has 3 rings (SSSR count). The molecule has 0 amide bonds. The fourth-order valence-corrected chi connectivity index (χ4v) is 2.93. The lowest BCUT2D eigenvalue weighted by molar-refractivity contribution is -0.222. The van der Waals surface area contributed by atoms with Crippen LogP contribution in [-0.2, 0) is 28.6 Å². The van der Waals surface area contributed by atoms with Crippen molar-refractivity contribution in [2.45, 2.75) is 25.7 Å². The molecule has 8 heteroatoms. The van der Waals surface area contributed by atoms with Gasteiger partial charge in [0.05, 0.1) is 14.2 Å². The van der Waals surface area contributed by atoms with E-state index in [0.29, 0.717) is 16.9 Å². The summed E-state index contributed by atoms with van der Waals surface area (Å²) in [4.78, 5) is 36.8. The largest absolute Gasteiger partial charge is 0.493 e. The minimum absolute atomic E-state index is 0.217. The van der Waals surface area contributed by atoms with Crippen LogP contribution in [-0.4, -0.2) is 37.9 Å². The molecule has 0 aromatic heterocycles. The summed E-state index contributed by atoms with van der Waals surface area (Å²) in [6.07, 6.45) is 0.274. The number of benzene rings is 2. The van der Waals surface area contributed by atoms with Crippen LogP contribution in [0.5, 0.6) is 11.5 Å². The highest BCUT2D eigenvalue weighted by molar-refractivity contribution is 6.18. The molecule has 1 unspecified atom stereocenters. The van der Waals surface area contributed by atoms with E-state index in [-0.39, 0.29) is 11.3 Å². The van der Waals surface area contributed by atoms with E-state index in [9.17, 15) is 14.4 Å². The van der Waals surface area contributed by atoms with Crippen LogP contribution < -0.4 is 9.47 Å². The zero-order chi connectivity index (χ0) is 22.6. The number of hydrogen-bond donors (Lipinski definition) is 0. The maximum Gasteiger partial charge on any atom is 0.351 e. The molecule has 0 spiro atoms. The third-order valence-electron chi connectivity index (χ3n) is 4.38. The molecule has 0 aliphatic carbocycles. The number of ether oxygens (including phenoxy) is 5. The molecule has 2 aromatic carbocycles. The number of esters is 3. The third kappa shape index (κ3) is 5.03. The Morgan fingerprint density at radius 2 is 1.61 bits per heavy atom. The predicted octanol–water partition coefficient (Wildman–Crippen LogP) is 3.21. The maximum absolute atomic E-state index is 12.3. The van der Waals surface area contributed by atoms with Gasteiger partial charge in [-0.2, -0.15) is 0 Å². The summed E-state index contributed by atoms with van der Waals surface area (Å²) in [6.45, 7) is 2.94. The Morgan fingerprint density at radius 3 is 2.19 bits per heavy atom. The summed E-state index contributed by atoms with van der Waals surface area (Å²) in [5, 5.41) is 0. The van der Waals surface area contributed by atoms with E-state index in [1.165, 1.54) is 40.2 Å². The number of carbonyl (C=O) groups excluding carboxylic acids is 3. The zero-order valence-electron chi connectivity index (χ0n) is 17.5. The van der Waals surface area contributed by atoms with Crippen molar-refractivity contribution in [3.05, 3.63) is 65.2 Å². The van der Waals surface area contributed by atoms with Gasteiger partial charge in [0, 0.05) is 19.4 Å². The van der Waals surface area contributed by atoms with E-state index in [2.05, 4.69) is 0 Å². The molecule has 2 aromatic rings.